The fourth-order valence-electron chi connectivity index (χ4n) is 4.03. The highest BCUT2D eigenvalue weighted by Gasteiger charge is 2.47. The number of aromatic nitrogens is 2. The molecule has 3 atom stereocenters. The Kier molecular flexibility index (Phi) is 5.11. The maximum atomic E-state index is 13.5. The van der Waals surface area contributed by atoms with Gasteiger partial charge in [0, 0.05) is 12.2 Å². The van der Waals surface area contributed by atoms with Gasteiger partial charge in [0.15, 0.2) is 0 Å². The first-order chi connectivity index (χ1) is 13.5. The van der Waals surface area contributed by atoms with Crippen LogP contribution >= 0.6 is 0 Å². The third kappa shape index (κ3) is 3.51. The van der Waals surface area contributed by atoms with Crippen LogP contribution in [0.15, 0.2) is 66.7 Å². The molecular formula is C23H25N3O2. The molecule has 0 aliphatic carbocycles. The highest BCUT2D eigenvalue weighted by Crippen LogP contribution is 2.41. The molecule has 4 rings (SSSR count). The van der Waals surface area contributed by atoms with Gasteiger partial charge in [-0.05, 0) is 38.0 Å². The van der Waals surface area contributed by atoms with Crippen LogP contribution in [0.4, 0.5) is 0 Å². The zero-order valence-electron chi connectivity index (χ0n) is 16.4. The van der Waals surface area contributed by atoms with Crippen LogP contribution < -0.4 is 0 Å². The van der Waals surface area contributed by atoms with Gasteiger partial charge in [-0.15, -0.1) is 0 Å². The highest BCUT2D eigenvalue weighted by molar-refractivity contribution is 5.83. The molecule has 0 N–H and O–H groups in total. The SMILES string of the molecule is Cc1cc(C)n(C(=O)[C@H]2[C@H](C)ON(Cc3ccccc3)[C@@H]2c2ccccc2)n1. The minimum absolute atomic E-state index is 0.0254. The number of rotatable bonds is 4. The Balaban J connectivity index is 1.71. The number of hydroxylamine groups is 2. The second-order valence-electron chi connectivity index (χ2n) is 7.43. The number of aryl methyl sites for hydroxylation is 2. The number of carbonyl (C=O) groups excluding carboxylic acids is 1. The molecule has 2 heterocycles. The summed E-state index contributed by atoms with van der Waals surface area (Å²) in [4.78, 5) is 19.7. The number of benzene rings is 2. The molecule has 1 aromatic heterocycles. The summed E-state index contributed by atoms with van der Waals surface area (Å²) in [6, 6.07) is 22.1. The van der Waals surface area contributed by atoms with E-state index in [1.54, 1.807) is 0 Å². The van der Waals surface area contributed by atoms with E-state index in [0.29, 0.717) is 6.54 Å². The van der Waals surface area contributed by atoms with E-state index in [4.69, 9.17) is 4.84 Å². The van der Waals surface area contributed by atoms with Gasteiger partial charge >= 0.3 is 0 Å². The second kappa shape index (κ2) is 7.70. The Morgan fingerprint density at radius 1 is 1.04 bits per heavy atom. The number of hydrogen-bond acceptors (Lipinski definition) is 4. The van der Waals surface area contributed by atoms with Crippen LogP contribution in [0.3, 0.4) is 0 Å². The van der Waals surface area contributed by atoms with Gasteiger partial charge in [0.25, 0.3) is 5.91 Å². The summed E-state index contributed by atoms with van der Waals surface area (Å²) in [5.41, 5.74) is 3.91. The minimum Gasteiger partial charge on any atom is -0.294 e. The van der Waals surface area contributed by atoms with E-state index in [2.05, 4.69) is 29.4 Å². The standard InChI is InChI=1S/C23H25N3O2/c1-16-14-17(2)26(24-16)23(27)21-18(3)28-25(15-19-10-6-4-7-11-19)22(21)20-12-8-5-9-13-20/h4-14,18,21-22H,15H2,1-3H3/t18-,21-,22+/m0/s1. The lowest BCUT2D eigenvalue weighted by Crippen LogP contribution is -2.33. The molecule has 0 radical (unpaired) electrons. The first-order valence-electron chi connectivity index (χ1n) is 9.64. The minimum atomic E-state index is -0.343. The molecule has 1 fully saturated rings. The molecule has 5 heteroatoms. The van der Waals surface area contributed by atoms with Crippen LogP contribution in [0.2, 0.25) is 0 Å². The third-order valence-electron chi connectivity index (χ3n) is 5.28. The Bertz CT molecular complexity index is 952. The molecular weight excluding hydrogens is 350 g/mol. The quantitative estimate of drug-likeness (QED) is 0.681. The zero-order valence-corrected chi connectivity index (χ0v) is 16.4. The molecule has 1 aliphatic heterocycles. The number of carbonyl (C=O) groups is 1. The topological polar surface area (TPSA) is 47.4 Å². The van der Waals surface area contributed by atoms with Crippen molar-refractivity contribution >= 4 is 5.91 Å². The lowest BCUT2D eigenvalue weighted by molar-refractivity contribution is -0.166. The Morgan fingerprint density at radius 2 is 1.68 bits per heavy atom. The summed E-state index contributed by atoms with van der Waals surface area (Å²) in [5.74, 6) is -0.369. The average molecular weight is 375 g/mol. The predicted molar refractivity (Wildman–Crippen MR) is 108 cm³/mol. The zero-order chi connectivity index (χ0) is 19.7. The van der Waals surface area contributed by atoms with Gasteiger partial charge in [-0.2, -0.15) is 10.2 Å². The fourth-order valence-corrected chi connectivity index (χ4v) is 4.03. The fraction of sp³-hybridized carbons (Fsp3) is 0.304. The molecule has 144 valence electrons. The van der Waals surface area contributed by atoms with Gasteiger partial charge < -0.3 is 0 Å². The molecule has 0 saturated carbocycles. The lowest BCUT2D eigenvalue weighted by Gasteiger charge is -2.25. The maximum Gasteiger partial charge on any atom is 0.254 e. The van der Waals surface area contributed by atoms with Crippen molar-refractivity contribution in [3.05, 3.63) is 89.2 Å². The summed E-state index contributed by atoms with van der Waals surface area (Å²) < 4.78 is 1.53. The molecule has 0 amide bonds. The lowest BCUT2D eigenvalue weighted by atomic mass is 9.89. The van der Waals surface area contributed by atoms with Crippen molar-refractivity contribution in [2.24, 2.45) is 5.92 Å². The van der Waals surface area contributed by atoms with Crippen LogP contribution in [0.5, 0.6) is 0 Å². The number of nitrogens with zero attached hydrogens (tertiary/aromatic N) is 3. The van der Waals surface area contributed by atoms with Crippen LogP contribution in [0, 0.1) is 19.8 Å². The van der Waals surface area contributed by atoms with Crippen molar-refractivity contribution in [3.8, 4) is 0 Å². The van der Waals surface area contributed by atoms with Crippen LogP contribution in [-0.2, 0) is 11.4 Å². The monoisotopic (exact) mass is 375 g/mol. The summed E-state index contributed by atoms with van der Waals surface area (Å²) in [7, 11) is 0. The van der Waals surface area contributed by atoms with Crippen LogP contribution in [-0.4, -0.2) is 26.9 Å². The number of hydrogen-bond donors (Lipinski definition) is 0. The van der Waals surface area contributed by atoms with Crippen molar-refractivity contribution in [2.45, 2.75) is 39.5 Å². The van der Waals surface area contributed by atoms with Crippen LogP contribution in [0.1, 0.15) is 40.3 Å². The van der Waals surface area contributed by atoms with E-state index < -0.39 is 0 Å². The highest BCUT2D eigenvalue weighted by atomic mass is 16.7. The van der Waals surface area contributed by atoms with E-state index in [-0.39, 0.29) is 24.0 Å². The van der Waals surface area contributed by atoms with E-state index in [9.17, 15) is 4.79 Å². The van der Waals surface area contributed by atoms with Crippen molar-refractivity contribution in [2.75, 3.05) is 0 Å². The second-order valence-corrected chi connectivity index (χ2v) is 7.43. The van der Waals surface area contributed by atoms with Crippen molar-refractivity contribution in [1.82, 2.24) is 14.8 Å². The summed E-state index contributed by atoms with van der Waals surface area (Å²) in [6.45, 7) is 6.40. The molecule has 0 unspecified atom stereocenters. The Morgan fingerprint density at radius 3 is 2.29 bits per heavy atom. The van der Waals surface area contributed by atoms with Gasteiger partial charge in [-0.25, -0.2) is 4.68 Å². The predicted octanol–water partition coefficient (Wildman–Crippen LogP) is 4.33. The van der Waals surface area contributed by atoms with Gasteiger partial charge in [-0.3, -0.25) is 9.63 Å². The largest absolute Gasteiger partial charge is 0.294 e. The molecule has 0 bridgehead atoms. The summed E-state index contributed by atoms with van der Waals surface area (Å²) in [6.07, 6.45) is -0.245. The smallest absolute Gasteiger partial charge is 0.254 e. The van der Waals surface area contributed by atoms with E-state index in [1.165, 1.54) is 4.68 Å². The van der Waals surface area contributed by atoms with Crippen molar-refractivity contribution in [3.63, 3.8) is 0 Å². The van der Waals surface area contributed by atoms with Gasteiger partial charge in [0.05, 0.1) is 23.8 Å². The Labute approximate surface area is 165 Å². The summed E-state index contributed by atoms with van der Waals surface area (Å²) in [5, 5.41) is 6.37. The van der Waals surface area contributed by atoms with Gasteiger partial charge in [0.1, 0.15) is 0 Å². The first-order valence-corrected chi connectivity index (χ1v) is 9.64. The Hall–Kier alpha value is -2.76. The van der Waals surface area contributed by atoms with Gasteiger partial charge in [0.2, 0.25) is 0 Å². The molecule has 2 aromatic carbocycles. The van der Waals surface area contributed by atoms with Crippen LogP contribution in [0.25, 0.3) is 0 Å². The van der Waals surface area contributed by atoms with Crippen molar-refractivity contribution in [1.29, 1.82) is 0 Å². The normalized spacial score (nSPS) is 22.5. The maximum absolute atomic E-state index is 13.5. The van der Waals surface area contributed by atoms with E-state index in [1.807, 2.05) is 68.3 Å². The molecule has 3 aromatic rings. The van der Waals surface area contributed by atoms with Gasteiger partial charge in [-0.1, -0.05) is 60.7 Å². The molecule has 1 aliphatic rings. The molecule has 1 saturated heterocycles. The van der Waals surface area contributed by atoms with E-state index in [0.717, 1.165) is 22.5 Å². The van der Waals surface area contributed by atoms with Crippen molar-refractivity contribution < 1.29 is 9.63 Å². The first kappa shape index (κ1) is 18.6. The average Bonchev–Trinajstić information content (AvgIpc) is 3.21. The molecule has 0 spiro atoms. The molecule has 5 nitrogen and oxygen atoms in total. The summed E-state index contributed by atoms with van der Waals surface area (Å²) >= 11 is 0. The molecule has 28 heavy (non-hydrogen) atoms. The third-order valence-corrected chi connectivity index (χ3v) is 5.28. The van der Waals surface area contributed by atoms with E-state index >= 15 is 0 Å².